The molecule has 1 aliphatic heterocycles. The van der Waals surface area contributed by atoms with E-state index in [9.17, 15) is 9.18 Å². The Labute approximate surface area is 125 Å². The van der Waals surface area contributed by atoms with Crippen LogP contribution >= 0.6 is 0 Å². The van der Waals surface area contributed by atoms with Crippen LogP contribution in [0.15, 0.2) is 18.2 Å². The lowest BCUT2D eigenvalue weighted by atomic mass is 9.94. The maximum absolute atomic E-state index is 13.0. The fraction of sp³-hybridized carbons (Fsp3) is 0.562. The van der Waals surface area contributed by atoms with Crippen molar-refractivity contribution >= 4 is 17.3 Å². The smallest absolute Gasteiger partial charge is 0.225 e. The molecule has 0 radical (unpaired) electrons. The van der Waals surface area contributed by atoms with Gasteiger partial charge in [0.1, 0.15) is 5.82 Å². The summed E-state index contributed by atoms with van der Waals surface area (Å²) in [6.07, 6.45) is 4.16. The number of halogens is 1. The monoisotopic (exact) mass is 293 g/mol. The van der Waals surface area contributed by atoms with Crippen molar-refractivity contribution in [2.24, 2.45) is 5.92 Å². The maximum Gasteiger partial charge on any atom is 0.225 e. The van der Waals surface area contributed by atoms with Crippen LogP contribution in [-0.4, -0.2) is 30.4 Å². The minimum Gasteiger partial charge on any atom is -0.396 e. The van der Waals surface area contributed by atoms with E-state index in [1.54, 1.807) is 0 Å². The Kier molecular flexibility index (Phi) is 5.56. The van der Waals surface area contributed by atoms with Gasteiger partial charge in [-0.15, -0.1) is 0 Å². The molecule has 0 aromatic heterocycles. The summed E-state index contributed by atoms with van der Waals surface area (Å²) in [6, 6.07) is 4.23. The number of hydrogen-bond acceptors (Lipinski definition) is 3. The third-order valence-corrected chi connectivity index (χ3v) is 4.22. The van der Waals surface area contributed by atoms with Crippen molar-refractivity contribution in [1.82, 2.24) is 4.90 Å². The van der Waals surface area contributed by atoms with Gasteiger partial charge < -0.3 is 16.0 Å². The Morgan fingerprint density at radius 3 is 2.76 bits per heavy atom. The van der Waals surface area contributed by atoms with E-state index in [1.165, 1.54) is 37.5 Å². The van der Waals surface area contributed by atoms with E-state index in [1.807, 2.05) is 0 Å². The lowest BCUT2D eigenvalue weighted by Gasteiger charge is -2.31. The third-order valence-electron chi connectivity index (χ3n) is 4.22. The number of nitrogens with one attached hydrogen (secondary N) is 1. The Morgan fingerprint density at radius 2 is 2.14 bits per heavy atom. The van der Waals surface area contributed by atoms with Gasteiger partial charge in [-0.05, 0) is 50.0 Å². The highest BCUT2D eigenvalue weighted by Crippen LogP contribution is 2.20. The molecule has 0 aliphatic carbocycles. The molecule has 0 atom stereocenters. The number of nitrogen functional groups attached to an aromatic ring is 1. The molecular weight excluding hydrogens is 269 g/mol. The summed E-state index contributed by atoms with van der Waals surface area (Å²) in [5, 5.41) is 2.76. The molecule has 0 spiro atoms. The third kappa shape index (κ3) is 4.70. The molecule has 1 saturated heterocycles. The number of amides is 1. The van der Waals surface area contributed by atoms with Crippen LogP contribution in [0.5, 0.6) is 0 Å². The Bertz CT molecular complexity index is 484. The van der Waals surface area contributed by atoms with Crippen molar-refractivity contribution in [1.29, 1.82) is 0 Å². The summed E-state index contributed by atoms with van der Waals surface area (Å²) in [5.74, 6) is 0.322. The van der Waals surface area contributed by atoms with Crippen LogP contribution in [-0.2, 0) is 4.79 Å². The number of nitrogens with two attached hydrogens (primary N) is 1. The van der Waals surface area contributed by atoms with Crippen LogP contribution in [0.1, 0.15) is 32.6 Å². The number of likely N-dealkylation sites (tertiary alicyclic amines) is 1. The van der Waals surface area contributed by atoms with Crippen molar-refractivity contribution in [3.8, 4) is 0 Å². The quantitative estimate of drug-likeness (QED) is 0.821. The lowest BCUT2D eigenvalue weighted by Crippen LogP contribution is -2.35. The first-order valence-electron chi connectivity index (χ1n) is 7.65. The molecular formula is C16H24FN3O. The molecule has 0 unspecified atom stereocenters. The lowest BCUT2D eigenvalue weighted by molar-refractivity contribution is -0.116. The topological polar surface area (TPSA) is 58.4 Å². The normalized spacial score (nSPS) is 16.9. The van der Waals surface area contributed by atoms with Crippen LogP contribution in [0.4, 0.5) is 15.8 Å². The molecule has 1 fully saturated rings. The highest BCUT2D eigenvalue weighted by atomic mass is 19.1. The second-order valence-corrected chi connectivity index (χ2v) is 5.73. The number of carbonyl (C=O) groups is 1. The van der Waals surface area contributed by atoms with E-state index < -0.39 is 5.82 Å². The molecule has 1 aromatic rings. The van der Waals surface area contributed by atoms with E-state index in [0.717, 1.165) is 25.6 Å². The largest absolute Gasteiger partial charge is 0.396 e. The van der Waals surface area contributed by atoms with Crippen LogP contribution in [0.25, 0.3) is 0 Å². The van der Waals surface area contributed by atoms with Crippen molar-refractivity contribution in [2.45, 2.75) is 32.6 Å². The van der Waals surface area contributed by atoms with Gasteiger partial charge in [0.25, 0.3) is 0 Å². The van der Waals surface area contributed by atoms with Crippen LogP contribution < -0.4 is 11.1 Å². The molecule has 3 N–H and O–H groups in total. The van der Waals surface area contributed by atoms with Gasteiger partial charge in [0.15, 0.2) is 0 Å². The average molecular weight is 293 g/mol. The van der Waals surface area contributed by atoms with Gasteiger partial charge >= 0.3 is 0 Å². The average Bonchev–Trinajstić information content (AvgIpc) is 2.49. The molecule has 21 heavy (non-hydrogen) atoms. The number of carbonyl (C=O) groups excluding carboxylic acids is 1. The Hall–Kier alpha value is -1.62. The van der Waals surface area contributed by atoms with Crippen LogP contribution in [0.2, 0.25) is 0 Å². The van der Waals surface area contributed by atoms with Gasteiger partial charge in [-0.1, -0.05) is 13.3 Å². The van der Waals surface area contributed by atoms with Crippen molar-refractivity contribution in [3.63, 3.8) is 0 Å². The fourth-order valence-electron chi connectivity index (χ4n) is 2.72. The van der Waals surface area contributed by atoms with Gasteiger partial charge in [-0.25, -0.2) is 4.39 Å². The van der Waals surface area contributed by atoms with Crippen LogP contribution in [0.3, 0.4) is 0 Å². The van der Waals surface area contributed by atoms with Crippen molar-refractivity contribution < 1.29 is 9.18 Å². The summed E-state index contributed by atoms with van der Waals surface area (Å²) in [7, 11) is 0. The summed E-state index contributed by atoms with van der Waals surface area (Å²) >= 11 is 0. The molecule has 0 bridgehead atoms. The molecule has 5 heteroatoms. The summed E-state index contributed by atoms with van der Waals surface area (Å²) < 4.78 is 13.0. The number of hydrogen-bond donors (Lipinski definition) is 2. The SMILES string of the molecule is CCC1CCN(CCC(=O)Nc2ccc(F)c(N)c2)CC1. The van der Waals surface area contributed by atoms with E-state index in [-0.39, 0.29) is 11.6 Å². The summed E-state index contributed by atoms with van der Waals surface area (Å²) in [5.41, 5.74) is 6.07. The van der Waals surface area contributed by atoms with E-state index in [4.69, 9.17) is 5.73 Å². The summed E-state index contributed by atoms with van der Waals surface area (Å²) in [6.45, 7) is 5.17. The molecule has 116 valence electrons. The number of anilines is 2. The highest BCUT2D eigenvalue weighted by molar-refractivity contribution is 5.91. The first kappa shape index (κ1) is 15.8. The molecule has 4 nitrogen and oxygen atoms in total. The van der Waals surface area contributed by atoms with Gasteiger partial charge in [-0.3, -0.25) is 4.79 Å². The Balaban J connectivity index is 1.73. The number of rotatable bonds is 5. The van der Waals surface area contributed by atoms with Crippen LogP contribution in [0, 0.1) is 11.7 Å². The first-order valence-corrected chi connectivity index (χ1v) is 7.65. The second kappa shape index (κ2) is 7.41. The number of benzene rings is 1. The van der Waals surface area contributed by atoms with Gasteiger partial charge in [0.05, 0.1) is 5.69 Å². The standard InChI is InChI=1S/C16H24FN3O/c1-2-12-5-8-20(9-6-12)10-7-16(21)19-13-3-4-14(17)15(18)11-13/h3-4,11-12H,2,5-10,18H2,1H3,(H,19,21). The van der Waals surface area contributed by atoms with Crippen molar-refractivity contribution in [2.75, 3.05) is 30.7 Å². The molecule has 1 amide bonds. The van der Waals surface area contributed by atoms with Crippen molar-refractivity contribution in [3.05, 3.63) is 24.0 Å². The maximum atomic E-state index is 13.0. The predicted molar refractivity (Wildman–Crippen MR) is 83.5 cm³/mol. The Morgan fingerprint density at radius 1 is 1.43 bits per heavy atom. The minimum atomic E-state index is -0.466. The molecule has 1 aromatic carbocycles. The van der Waals surface area contributed by atoms with Gasteiger partial charge in [-0.2, -0.15) is 0 Å². The number of piperidine rings is 1. The zero-order valence-electron chi connectivity index (χ0n) is 12.6. The van der Waals surface area contributed by atoms with E-state index in [0.29, 0.717) is 12.1 Å². The van der Waals surface area contributed by atoms with E-state index in [2.05, 4.69) is 17.1 Å². The molecule has 0 saturated carbocycles. The zero-order valence-corrected chi connectivity index (χ0v) is 12.6. The molecule has 1 heterocycles. The minimum absolute atomic E-state index is 0.0504. The fourth-order valence-corrected chi connectivity index (χ4v) is 2.72. The van der Waals surface area contributed by atoms with Gasteiger partial charge in [0.2, 0.25) is 5.91 Å². The van der Waals surface area contributed by atoms with Gasteiger partial charge in [0, 0.05) is 18.7 Å². The predicted octanol–water partition coefficient (Wildman–Crippen LogP) is 2.86. The summed E-state index contributed by atoms with van der Waals surface area (Å²) in [4.78, 5) is 14.2. The first-order chi connectivity index (χ1) is 10.1. The second-order valence-electron chi connectivity index (χ2n) is 5.73. The highest BCUT2D eigenvalue weighted by Gasteiger charge is 2.18. The molecule has 2 rings (SSSR count). The molecule has 1 aliphatic rings. The van der Waals surface area contributed by atoms with E-state index >= 15 is 0 Å². The zero-order chi connectivity index (χ0) is 15.2. The number of nitrogens with zero attached hydrogens (tertiary/aromatic N) is 1.